The first-order chi connectivity index (χ1) is 9.85. The van der Waals surface area contributed by atoms with Crippen molar-refractivity contribution in [1.29, 1.82) is 0 Å². The SMILES string of the molecule is COC(=O)c1ncsc1S(=O)(=O)Nc1ccc(Cl)c(Cl)c1. The minimum atomic E-state index is -3.98. The smallest absolute Gasteiger partial charge is 0.358 e. The molecule has 1 heterocycles. The van der Waals surface area contributed by atoms with Crippen molar-refractivity contribution in [3.05, 3.63) is 39.4 Å². The topological polar surface area (TPSA) is 85.4 Å². The number of carbonyl (C=O) groups excluding carboxylic acids is 1. The largest absolute Gasteiger partial charge is 0.464 e. The molecule has 0 bridgehead atoms. The van der Waals surface area contributed by atoms with Crippen LogP contribution in [0.4, 0.5) is 5.69 Å². The molecular formula is C11H8Cl2N2O4S2. The third kappa shape index (κ3) is 3.46. The number of hydrogen-bond acceptors (Lipinski definition) is 6. The summed E-state index contributed by atoms with van der Waals surface area (Å²) >= 11 is 12.4. The molecule has 1 N–H and O–H groups in total. The summed E-state index contributed by atoms with van der Waals surface area (Å²) in [5.41, 5.74) is 1.19. The molecule has 0 spiro atoms. The molecule has 0 aliphatic carbocycles. The fourth-order valence-corrected chi connectivity index (χ4v) is 3.90. The van der Waals surface area contributed by atoms with E-state index in [9.17, 15) is 13.2 Å². The minimum Gasteiger partial charge on any atom is -0.464 e. The summed E-state index contributed by atoms with van der Waals surface area (Å²) in [6.45, 7) is 0. The van der Waals surface area contributed by atoms with Gasteiger partial charge >= 0.3 is 5.97 Å². The number of benzene rings is 1. The van der Waals surface area contributed by atoms with Crippen molar-refractivity contribution in [3.63, 3.8) is 0 Å². The average molecular weight is 367 g/mol. The lowest BCUT2D eigenvalue weighted by Gasteiger charge is -2.08. The van der Waals surface area contributed by atoms with Gasteiger partial charge in [0.05, 0.1) is 28.4 Å². The predicted octanol–water partition coefficient (Wildman–Crippen LogP) is 3.04. The Labute approximate surface area is 134 Å². The van der Waals surface area contributed by atoms with Crippen LogP contribution in [0, 0.1) is 0 Å². The predicted molar refractivity (Wildman–Crippen MR) is 80.7 cm³/mol. The third-order valence-electron chi connectivity index (χ3n) is 2.33. The highest BCUT2D eigenvalue weighted by molar-refractivity contribution is 7.94. The van der Waals surface area contributed by atoms with E-state index in [-0.39, 0.29) is 20.6 Å². The summed E-state index contributed by atoms with van der Waals surface area (Å²) in [5.74, 6) is -0.828. The number of thiazole rings is 1. The number of esters is 1. The van der Waals surface area contributed by atoms with Crippen LogP contribution in [0.3, 0.4) is 0 Å². The maximum atomic E-state index is 12.3. The number of nitrogens with one attached hydrogen (secondary N) is 1. The molecule has 0 saturated heterocycles. The number of aromatic nitrogens is 1. The van der Waals surface area contributed by atoms with E-state index in [2.05, 4.69) is 14.4 Å². The molecule has 0 saturated carbocycles. The lowest BCUT2D eigenvalue weighted by molar-refractivity contribution is 0.0590. The second kappa shape index (κ2) is 6.18. The van der Waals surface area contributed by atoms with E-state index in [1.54, 1.807) is 0 Å². The van der Waals surface area contributed by atoms with Crippen LogP contribution in [0.1, 0.15) is 10.5 Å². The summed E-state index contributed by atoms with van der Waals surface area (Å²) in [6.07, 6.45) is 0. The molecule has 2 rings (SSSR count). The van der Waals surface area contributed by atoms with Crippen LogP contribution >= 0.6 is 34.5 Å². The normalized spacial score (nSPS) is 11.2. The third-order valence-corrected chi connectivity index (χ3v) is 5.82. The van der Waals surface area contributed by atoms with Crippen molar-refractivity contribution in [1.82, 2.24) is 4.98 Å². The van der Waals surface area contributed by atoms with E-state index in [4.69, 9.17) is 23.2 Å². The number of ether oxygens (including phenoxy) is 1. The number of methoxy groups -OCH3 is 1. The summed E-state index contributed by atoms with van der Waals surface area (Å²) in [6, 6.07) is 4.26. The number of rotatable bonds is 4. The maximum Gasteiger partial charge on any atom is 0.358 e. The number of hydrogen-bond donors (Lipinski definition) is 1. The number of nitrogens with zero attached hydrogens (tertiary/aromatic N) is 1. The number of anilines is 1. The van der Waals surface area contributed by atoms with Gasteiger partial charge < -0.3 is 4.74 Å². The van der Waals surface area contributed by atoms with E-state index in [0.717, 1.165) is 18.4 Å². The van der Waals surface area contributed by atoms with E-state index in [1.807, 2.05) is 0 Å². The zero-order valence-corrected chi connectivity index (χ0v) is 13.6. The van der Waals surface area contributed by atoms with Crippen molar-refractivity contribution >= 4 is 56.2 Å². The van der Waals surface area contributed by atoms with Gasteiger partial charge in [0.15, 0.2) is 9.90 Å². The molecule has 2 aromatic rings. The van der Waals surface area contributed by atoms with Crippen LogP contribution in [-0.4, -0.2) is 26.5 Å². The van der Waals surface area contributed by atoms with Crippen molar-refractivity contribution in [2.45, 2.75) is 4.21 Å². The maximum absolute atomic E-state index is 12.3. The zero-order valence-electron chi connectivity index (χ0n) is 10.5. The molecule has 21 heavy (non-hydrogen) atoms. The van der Waals surface area contributed by atoms with Gasteiger partial charge in [-0.25, -0.2) is 18.2 Å². The molecule has 0 radical (unpaired) electrons. The minimum absolute atomic E-state index is 0.203. The molecule has 1 aromatic carbocycles. The molecule has 112 valence electrons. The fourth-order valence-electron chi connectivity index (χ4n) is 1.42. The molecule has 1 aromatic heterocycles. The summed E-state index contributed by atoms with van der Waals surface area (Å²) < 4.78 is 31.1. The van der Waals surface area contributed by atoms with Crippen LogP contribution in [-0.2, 0) is 14.8 Å². The lowest BCUT2D eigenvalue weighted by Crippen LogP contribution is -2.16. The van der Waals surface area contributed by atoms with Crippen LogP contribution in [0.5, 0.6) is 0 Å². The number of sulfonamides is 1. The Bertz CT molecular complexity index is 789. The van der Waals surface area contributed by atoms with Gasteiger partial charge in [0.2, 0.25) is 0 Å². The van der Waals surface area contributed by atoms with Crippen molar-refractivity contribution in [2.24, 2.45) is 0 Å². The van der Waals surface area contributed by atoms with Gasteiger partial charge in [0, 0.05) is 0 Å². The Balaban J connectivity index is 2.37. The second-order valence-corrected chi connectivity index (χ2v) is 7.26. The Kier molecular flexibility index (Phi) is 4.72. The van der Waals surface area contributed by atoms with Crippen molar-refractivity contribution in [2.75, 3.05) is 11.8 Å². The molecule has 0 unspecified atom stereocenters. The quantitative estimate of drug-likeness (QED) is 0.840. The first-order valence-corrected chi connectivity index (χ1v) is 8.46. The van der Waals surface area contributed by atoms with Crippen molar-refractivity contribution in [3.8, 4) is 0 Å². The van der Waals surface area contributed by atoms with E-state index in [0.29, 0.717) is 5.02 Å². The van der Waals surface area contributed by atoms with Crippen LogP contribution in [0.2, 0.25) is 10.0 Å². The van der Waals surface area contributed by atoms with Crippen LogP contribution in [0.15, 0.2) is 27.9 Å². The molecule has 10 heteroatoms. The molecule has 0 aliphatic rings. The van der Waals surface area contributed by atoms with Gasteiger partial charge in [0.25, 0.3) is 10.0 Å². The first kappa shape index (κ1) is 16.0. The van der Waals surface area contributed by atoms with Crippen LogP contribution < -0.4 is 4.72 Å². The standard InChI is InChI=1S/C11H8Cl2N2O4S2/c1-19-10(16)9-11(20-5-14-9)21(17,18)15-6-2-3-7(12)8(13)4-6/h2-5,15H,1H3. The molecule has 0 aliphatic heterocycles. The van der Waals surface area contributed by atoms with Gasteiger partial charge in [-0.3, -0.25) is 4.72 Å². The molecule has 6 nitrogen and oxygen atoms in total. The summed E-state index contributed by atoms with van der Waals surface area (Å²) in [4.78, 5) is 15.2. The molecule has 0 amide bonds. The van der Waals surface area contributed by atoms with E-state index in [1.165, 1.54) is 23.7 Å². The monoisotopic (exact) mass is 366 g/mol. The molecule has 0 fully saturated rings. The first-order valence-electron chi connectivity index (χ1n) is 5.35. The molecular weight excluding hydrogens is 359 g/mol. The number of carbonyl (C=O) groups is 1. The Hall–Kier alpha value is -1.35. The van der Waals surface area contributed by atoms with Gasteiger partial charge in [0.1, 0.15) is 0 Å². The van der Waals surface area contributed by atoms with E-state index < -0.39 is 16.0 Å². The molecule has 0 atom stereocenters. The summed E-state index contributed by atoms with van der Waals surface area (Å²) in [5, 5.41) is 0.502. The Morgan fingerprint density at radius 3 is 2.67 bits per heavy atom. The second-order valence-electron chi connectivity index (χ2n) is 3.71. The van der Waals surface area contributed by atoms with Gasteiger partial charge in [-0.2, -0.15) is 0 Å². The lowest BCUT2D eigenvalue weighted by atomic mass is 10.3. The van der Waals surface area contributed by atoms with Gasteiger partial charge in [-0.05, 0) is 18.2 Å². The van der Waals surface area contributed by atoms with E-state index >= 15 is 0 Å². The van der Waals surface area contributed by atoms with Crippen molar-refractivity contribution < 1.29 is 17.9 Å². The van der Waals surface area contributed by atoms with Gasteiger partial charge in [-0.1, -0.05) is 23.2 Å². The highest BCUT2D eigenvalue weighted by atomic mass is 35.5. The van der Waals surface area contributed by atoms with Gasteiger partial charge in [-0.15, -0.1) is 11.3 Å². The zero-order chi connectivity index (χ0) is 15.6. The Morgan fingerprint density at radius 2 is 2.05 bits per heavy atom. The summed E-state index contributed by atoms with van der Waals surface area (Å²) in [7, 11) is -2.84. The highest BCUT2D eigenvalue weighted by Gasteiger charge is 2.26. The number of halogens is 2. The highest BCUT2D eigenvalue weighted by Crippen LogP contribution is 2.28. The Morgan fingerprint density at radius 1 is 1.33 bits per heavy atom. The van der Waals surface area contributed by atoms with Crippen LogP contribution in [0.25, 0.3) is 0 Å². The average Bonchev–Trinajstić information content (AvgIpc) is 2.92. The fraction of sp³-hybridized carbons (Fsp3) is 0.0909.